The number of ether oxygens (including phenoxy) is 1. The molecule has 0 saturated carbocycles. The Labute approximate surface area is 104 Å². The van der Waals surface area contributed by atoms with Gasteiger partial charge >= 0.3 is 0 Å². The van der Waals surface area contributed by atoms with Crippen molar-refractivity contribution >= 4 is 17.4 Å². The van der Waals surface area contributed by atoms with Crippen molar-refractivity contribution in [3.05, 3.63) is 52.5 Å². The molecule has 0 saturated heterocycles. The molecule has 0 radical (unpaired) electrons. The molecule has 0 fully saturated rings. The van der Waals surface area contributed by atoms with E-state index in [9.17, 15) is 4.79 Å². The molecule has 0 aliphatic heterocycles. The third-order valence-electron chi connectivity index (χ3n) is 3.00. The number of halogens is 1. The highest BCUT2D eigenvalue weighted by molar-refractivity contribution is 6.36. The molecule has 2 aromatic rings. The Morgan fingerprint density at radius 1 is 1.06 bits per heavy atom. The van der Waals surface area contributed by atoms with Gasteiger partial charge in [-0.1, -0.05) is 23.7 Å². The van der Waals surface area contributed by atoms with Crippen molar-refractivity contribution in [2.45, 2.75) is 0 Å². The number of ketones is 1. The van der Waals surface area contributed by atoms with Crippen molar-refractivity contribution in [2.75, 3.05) is 7.11 Å². The molecule has 84 valence electrons. The number of rotatable bonds is 1. The first-order chi connectivity index (χ1) is 8.22. The van der Waals surface area contributed by atoms with Crippen LogP contribution in [0.2, 0.25) is 5.02 Å². The van der Waals surface area contributed by atoms with Crippen LogP contribution >= 0.6 is 11.6 Å². The fourth-order valence-corrected chi connectivity index (χ4v) is 2.46. The van der Waals surface area contributed by atoms with Crippen LogP contribution in [0.1, 0.15) is 15.9 Å². The Hall–Kier alpha value is -1.80. The van der Waals surface area contributed by atoms with Gasteiger partial charge in [0.2, 0.25) is 0 Å². The van der Waals surface area contributed by atoms with Gasteiger partial charge in [0.1, 0.15) is 5.75 Å². The second-order valence-corrected chi connectivity index (χ2v) is 4.31. The molecule has 0 N–H and O–H groups in total. The van der Waals surface area contributed by atoms with Crippen LogP contribution in [0.3, 0.4) is 0 Å². The van der Waals surface area contributed by atoms with E-state index in [4.69, 9.17) is 16.3 Å². The smallest absolute Gasteiger partial charge is 0.194 e. The molecular formula is C14H9ClO2. The number of fused-ring (bicyclic) bond motifs is 3. The predicted octanol–water partition coefficient (Wildman–Crippen LogP) is 3.56. The number of hydrogen-bond acceptors (Lipinski definition) is 2. The van der Waals surface area contributed by atoms with Crippen LogP contribution in [-0.4, -0.2) is 12.9 Å². The lowest BCUT2D eigenvalue weighted by atomic mass is 10.1. The van der Waals surface area contributed by atoms with Gasteiger partial charge in [0.25, 0.3) is 0 Å². The van der Waals surface area contributed by atoms with Gasteiger partial charge in [-0.15, -0.1) is 0 Å². The van der Waals surface area contributed by atoms with Gasteiger partial charge in [-0.05, 0) is 29.8 Å². The molecule has 0 amide bonds. The Kier molecular flexibility index (Phi) is 2.20. The highest BCUT2D eigenvalue weighted by Crippen LogP contribution is 2.42. The lowest BCUT2D eigenvalue weighted by molar-refractivity contribution is 0.104. The molecule has 3 heteroatoms. The predicted molar refractivity (Wildman–Crippen MR) is 66.9 cm³/mol. The zero-order valence-corrected chi connectivity index (χ0v) is 9.91. The maximum Gasteiger partial charge on any atom is 0.194 e. The molecule has 0 aromatic heterocycles. The topological polar surface area (TPSA) is 26.3 Å². The van der Waals surface area contributed by atoms with Gasteiger partial charge in [-0.2, -0.15) is 0 Å². The first-order valence-corrected chi connectivity index (χ1v) is 5.62. The van der Waals surface area contributed by atoms with Crippen molar-refractivity contribution in [2.24, 2.45) is 0 Å². The Morgan fingerprint density at radius 2 is 1.88 bits per heavy atom. The second kappa shape index (κ2) is 3.60. The number of benzene rings is 2. The van der Waals surface area contributed by atoms with E-state index in [2.05, 4.69) is 0 Å². The Balaban J connectivity index is 2.32. The summed E-state index contributed by atoms with van der Waals surface area (Å²) in [7, 11) is 1.58. The molecule has 0 unspecified atom stereocenters. The number of carbonyl (C=O) groups excluding carboxylic acids is 1. The van der Waals surface area contributed by atoms with E-state index in [1.165, 1.54) is 0 Å². The molecule has 0 heterocycles. The minimum absolute atomic E-state index is 0.0106. The maximum absolute atomic E-state index is 12.2. The van der Waals surface area contributed by atoms with Crippen molar-refractivity contribution in [1.29, 1.82) is 0 Å². The van der Waals surface area contributed by atoms with E-state index in [1.807, 2.05) is 12.1 Å². The van der Waals surface area contributed by atoms with Gasteiger partial charge in [-0.25, -0.2) is 0 Å². The highest BCUT2D eigenvalue weighted by atomic mass is 35.5. The first kappa shape index (κ1) is 10.4. The molecule has 2 aromatic carbocycles. The zero-order valence-electron chi connectivity index (χ0n) is 9.16. The number of carbonyl (C=O) groups is 1. The largest absolute Gasteiger partial charge is 0.497 e. The van der Waals surface area contributed by atoms with Crippen LogP contribution in [0, 0.1) is 0 Å². The molecular weight excluding hydrogens is 236 g/mol. The highest BCUT2D eigenvalue weighted by Gasteiger charge is 2.28. The number of hydrogen-bond donors (Lipinski definition) is 0. The van der Waals surface area contributed by atoms with Crippen molar-refractivity contribution in [3.8, 4) is 16.9 Å². The van der Waals surface area contributed by atoms with E-state index in [1.54, 1.807) is 31.4 Å². The van der Waals surface area contributed by atoms with Crippen molar-refractivity contribution in [3.63, 3.8) is 0 Å². The Morgan fingerprint density at radius 3 is 2.65 bits per heavy atom. The van der Waals surface area contributed by atoms with E-state index in [-0.39, 0.29) is 5.78 Å². The van der Waals surface area contributed by atoms with Crippen molar-refractivity contribution in [1.82, 2.24) is 0 Å². The van der Waals surface area contributed by atoms with E-state index in [0.717, 1.165) is 11.1 Å². The molecule has 1 aliphatic carbocycles. The standard InChI is InChI=1S/C14H9ClO2/c1-17-8-5-6-9-11(7-8)14(16)10-3-2-4-12(15)13(9)10/h2-7H,1H3. The summed E-state index contributed by atoms with van der Waals surface area (Å²) >= 11 is 6.15. The fourth-order valence-electron chi connectivity index (χ4n) is 2.19. The SMILES string of the molecule is COc1ccc2c(c1)C(=O)c1cccc(Cl)c1-2. The molecule has 1 aliphatic rings. The van der Waals surface area contributed by atoms with Crippen LogP contribution in [0.15, 0.2) is 36.4 Å². The molecule has 17 heavy (non-hydrogen) atoms. The molecule has 0 bridgehead atoms. The zero-order chi connectivity index (χ0) is 12.0. The summed E-state index contributed by atoms with van der Waals surface area (Å²) in [5.41, 5.74) is 3.04. The summed E-state index contributed by atoms with van der Waals surface area (Å²) < 4.78 is 5.13. The van der Waals surface area contributed by atoms with Gasteiger partial charge in [0, 0.05) is 21.7 Å². The third-order valence-corrected chi connectivity index (χ3v) is 3.31. The fraction of sp³-hybridized carbons (Fsp3) is 0.0714. The van der Waals surface area contributed by atoms with E-state index < -0.39 is 0 Å². The summed E-state index contributed by atoms with van der Waals surface area (Å²) in [5, 5.41) is 0.611. The van der Waals surface area contributed by atoms with E-state index in [0.29, 0.717) is 21.9 Å². The monoisotopic (exact) mass is 244 g/mol. The van der Waals surface area contributed by atoms with Crippen LogP contribution in [0.25, 0.3) is 11.1 Å². The van der Waals surface area contributed by atoms with E-state index >= 15 is 0 Å². The quantitative estimate of drug-likeness (QED) is 0.654. The third kappa shape index (κ3) is 1.38. The lowest BCUT2D eigenvalue weighted by Crippen LogP contribution is -1.95. The second-order valence-electron chi connectivity index (χ2n) is 3.90. The summed E-state index contributed by atoms with van der Waals surface area (Å²) in [6.07, 6.45) is 0. The molecule has 0 spiro atoms. The summed E-state index contributed by atoms with van der Waals surface area (Å²) in [5.74, 6) is 0.692. The van der Waals surface area contributed by atoms with Crippen LogP contribution in [0.5, 0.6) is 5.75 Å². The summed E-state index contributed by atoms with van der Waals surface area (Å²) in [6.45, 7) is 0. The number of methoxy groups -OCH3 is 1. The molecule has 3 rings (SSSR count). The van der Waals surface area contributed by atoms with Gasteiger partial charge in [0.05, 0.1) is 7.11 Å². The average molecular weight is 245 g/mol. The van der Waals surface area contributed by atoms with Crippen LogP contribution in [0.4, 0.5) is 0 Å². The minimum Gasteiger partial charge on any atom is -0.497 e. The first-order valence-electron chi connectivity index (χ1n) is 5.24. The van der Waals surface area contributed by atoms with Gasteiger partial charge in [-0.3, -0.25) is 4.79 Å². The summed E-state index contributed by atoms with van der Waals surface area (Å²) in [4.78, 5) is 12.2. The normalized spacial score (nSPS) is 12.2. The van der Waals surface area contributed by atoms with Crippen molar-refractivity contribution < 1.29 is 9.53 Å². The maximum atomic E-state index is 12.2. The Bertz CT molecular complexity index is 632. The van der Waals surface area contributed by atoms with Gasteiger partial charge < -0.3 is 4.74 Å². The lowest BCUT2D eigenvalue weighted by Gasteiger charge is -2.03. The molecule has 2 nitrogen and oxygen atoms in total. The molecule has 0 atom stereocenters. The van der Waals surface area contributed by atoms with Crippen LogP contribution in [-0.2, 0) is 0 Å². The average Bonchev–Trinajstić information content (AvgIpc) is 2.64. The summed E-state index contributed by atoms with van der Waals surface area (Å²) in [6, 6.07) is 10.9. The van der Waals surface area contributed by atoms with Crippen LogP contribution < -0.4 is 4.74 Å². The van der Waals surface area contributed by atoms with Gasteiger partial charge in [0.15, 0.2) is 5.78 Å². The minimum atomic E-state index is 0.0106.